The molecule has 12 aromatic rings. The Morgan fingerprint density at radius 1 is 0.443 bits per heavy atom. The number of para-hydroxylation sites is 1. The Morgan fingerprint density at radius 2 is 1.11 bits per heavy atom. The van der Waals surface area contributed by atoms with Crippen molar-refractivity contribution in [2.45, 2.75) is 6.17 Å². The molecule has 61 heavy (non-hydrogen) atoms. The SMILES string of the molecule is c1ccc(C2N=C(c3ccc(-n4c5ccccc5c5cc6ccccc6cc54)cc3-c3cccc4sc5ccccc5c34)N=C(c3cccc4c3sc3ccccc34)N2)cc1. The van der Waals surface area contributed by atoms with E-state index in [1.165, 1.54) is 78.5 Å². The third-order valence-electron chi connectivity index (χ3n) is 12.3. The lowest BCUT2D eigenvalue weighted by Crippen LogP contribution is -2.33. The van der Waals surface area contributed by atoms with Crippen LogP contribution in [0.25, 0.3) is 89.7 Å². The fraction of sp³-hybridized carbons (Fsp3) is 0.0182. The Kier molecular flexibility index (Phi) is 7.67. The lowest BCUT2D eigenvalue weighted by molar-refractivity contribution is 0.674. The van der Waals surface area contributed by atoms with Gasteiger partial charge in [0, 0.05) is 67.9 Å². The van der Waals surface area contributed by atoms with Gasteiger partial charge in [-0.05, 0) is 88.1 Å². The summed E-state index contributed by atoms with van der Waals surface area (Å²) in [5.41, 5.74) is 8.84. The van der Waals surface area contributed by atoms with Gasteiger partial charge in [0.05, 0.1) is 11.0 Å². The molecule has 4 nitrogen and oxygen atoms in total. The summed E-state index contributed by atoms with van der Waals surface area (Å²) in [6.07, 6.45) is -0.343. The number of aromatic nitrogens is 1. The van der Waals surface area contributed by atoms with Gasteiger partial charge in [-0.2, -0.15) is 0 Å². The molecule has 0 saturated heterocycles. The third-order valence-corrected chi connectivity index (χ3v) is 14.6. The van der Waals surface area contributed by atoms with Gasteiger partial charge in [0.1, 0.15) is 12.0 Å². The normalized spacial score (nSPS) is 14.4. The van der Waals surface area contributed by atoms with Crippen LogP contribution in [-0.4, -0.2) is 16.2 Å². The second-order valence-electron chi connectivity index (χ2n) is 15.7. The molecule has 9 aromatic carbocycles. The number of thiophene rings is 2. The number of aliphatic imine (C=N–C) groups is 2. The van der Waals surface area contributed by atoms with Gasteiger partial charge in [0.2, 0.25) is 0 Å². The number of hydrogen-bond acceptors (Lipinski definition) is 5. The standard InChI is InChI=1S/C55H34N4S2/c1-2-14-33(15-3-1)53-56-54(58-55(57-53)43-23-12-22-40-38-19-7-10-25-48(38)61-52(40)43)41-29-28-36(32-44(41)39-21-13-27-50-51(39)42-20-8-11-26-49(42)60-50)59-46-24-9-6-18-37(46)45-30-34-16-4-5-17-35(34)31-47(45)59/h1-32,53H,(H,56,57,58). The van der Waals surface area contributed by atoms with E-state index < -0.39 is 0 Å². The molecule has 0 bridgehead atoms. The molecule has 1 aliphatic rings. The summed E-state index contributed by atoms with van der Waals surface area (Å²) in [5.74, 6) is 1.52. The number of benzene rings is 9. The summed E-state index contributed by atoms with van der Waals surface area (Å²) < 4.78 is 7.45. The van der Waals surface area contributed by atoms with Crippen LogP contribution in [0.4, 0.5) is 0 Å². The van der Waals surface area contributed by atoms with E-state index >= 15 is 0 Å². The fourth-order valence-corrected chi connectivity index (χ4v) is 11.8. The summed E-state index contributed by atoms with van der Waals surface area (Å²) in [5, 5.41) is 13.7. The highest BCUT2D eigenvalue weighted by atomic mass is 32.1. The van der Waals surface area contributed by atoms with Gasteiger partial charge in [-0.25, -0.2) is 9.98 Å². The molecule has 286 valence electrons. The molecule has 3 aromatic heterocycles. The Balaban J connectivity index is 1.10. The van der Waals surface area contributed by atoms with Crippen molar-refractivity contribution in [2.75, 3.05) is 0 Å². The first-order chi connectivity index (χ1) is 30.2. The molecule has 1 unspecified atom stereocenters. The van der Waals surface area contributed by atoms with Gasteiger partial charge in [-0.15, -0.1) is 22.7 Å². The summed E-state index contributed by atoms with van der Waals surface area (Å²) in [4.78, 5) is 11.0. The van der Waals surface area contributed by atoms with Crippen LogP contribution in [-0.2, 0) is 0 Å². The molecule has 0 fully saturated rings. The molecule has 0 spiro atoms. The van der Waals surface area contributed by atoms with Crippen LogP contribution >= 0.6 is 22.7 Å². The highest BCUT2D eigenvalue weighted by Gasteiger charge is 2.26. The zero-order valence-corrected chi connectivity index (χ0v) is 34.3. The molecule has 6 heteroatoms. The lowest BCUT2D eigenvalue weighted by Gasteiger charge is -2.25. The maximum atomic E-state index is 5.52. The van der Waals surface area contributed by atoms with E-state index in [9.17, 15) is 0 Å². The fourth-order valence-electron chi connectivity index (χ4n) is 9.47. The maximum absolute atomic E-state index is 5.52. The lowest BCUT2D eigenvalue weighted by atomic mass is 9.94. The minimum Gasteiger partial charge on any atom is -0.344 e. The molecule has 13 rings (SSSR count). The molecule has 4 heterocycles. The second-order valence-corrected chi connectivity index (χ2v) is 17.9. The quantitative estimate of drug-likeness (QED) is 0.185. The van der Waals surface area contributed by atoms with E-state index in [2.05, 4.69) is 204 Å². The van der Waals surface area contributed by atoms with Gasteiger partial charge in [0.15, 0.2) is 5.84 Å². The molecule has 1 aliphatic heterocycles. The Hall–Kier alpha value is -7.38. The van der Waals surface area contributed by atoms with Crippen molar-refractivity contribution in [3.05, 3.63) is 211 Å². The molecule has 1 N–H and O–H groups in total. The van der Waals surface area contributed by atoms with Crippen molar-refractivity contribution in [2.24, 2.45) is 9.98 Å². The second kappa shape index (κ2) is 13.6. The average molecular weight is 815 g/mol. The highest BCUT2D eigenvalue weighted by Crippen LogP contribution is 2.44. The first kappa shape index (κ1) is 34.5. The predicted octanol–water partition coefficient (Wildman–Crippen LogP) is 14.8. The summed E-state index contributed by atoms with van der Waals surface area (Å²) in [6.45, 7) is 0. The highest BCUT2D eigenvalue weighted by molar-refractivity contribution is 7.26. The number of amidine groups is 2. The summed E-state index contributed by atoms with van der Waals surface area (Å²) in [6, 6.07) is 70.3. The number of nitrogens with zero attached hydrogens (tertiary/aromatic N) is 3. The molecule has 1 atom stereocenters. The van der Waals surface area contributed by atoms with Crippen molar-refractivity contribution >= 4 is 107 Å². The monoisotopic (exact) mass is 814 g/mol. The van der Waals surface area contributed by atoms with Crippen LogP contribution < -0.4 is 5.32 Å². The van der Waals surface area contributed by atoms with Gasteiger partial charge in [-0.1, -0.05) is 133 Å². The van der Waals surface area contributed by atoms with E-state index in [1.807, 2.05) is 22.7 Å². The molecular weight excluding hydrogens is 781 g/mol. The Bertz CT molecular complexity index is 3810. The van der Waals surface area contributed by atoms with Crippen LogP contribution in [0.5, 0.6) is 0 Å². The molecule has 0 saturated carbocycles. The van der Waals surface area contributed by atoms with Crippen LogP contribution in [0, 0.1) is 0 Å². The van der Waals surface area contributed by atoms with Crippen molar-refractivity contribution in [3.8, 4) is 16.8 Å². The predicted molar refractivity (Wildman–Crippen MR) is 261 cm³/mol. The topological polar surface area (TPSA) is 41.7 Å². The smallest absolute Gasteiger partial charge is 0.160 e. The Morgan fingerprint density at radius 3 is 1.98 bits per heavy atom. The van der Waals surface area contributed by atoms with Crippen molar-refractivity contribution in [1.29, 1.82) is 0 Å². The van der Waals surface area contributed by atoms with E-state index in [1.54, 1.807) is 0 Å². The molecule has 0 radical (unpaired) electrons. The van der Waals surface area contributed by atoms with Gasteiger partial charge >= 0.3 is 0 Å². The molecular formula is C55H34N4S2. The average Bonchev–Trinajstić information content (AvgIpc) is 4.00. The van der Waals surface area contributed by atoms with E-state index in [-0.39, 0.29) is 6.17 Å². The van der Waals surface area contributed by atoms with Gasteiger partial charge in [-0.3, -0.25) is 0 Å². The maximum Gasteiger partial charge on any atom is 0.160 e. The van der Waals surface area contributed by atoms with Crippen LogP contribution in [0.15, 0.2) is 204 Å². The number of fused-ring (bicyclic) bond motifs is 10. The summed E-state index contributed by atoms with van der Waals surface area (Å²) >= 11 is 3.66. The zero-order chi connectivity index (χ0) is 40.0. The van der Waals surface area contributed by atoms with Gasteiger partial charge < -0.3 is 9.88 Å². The molecule has 0 amide bonds. The van der Waals surface area contributed by atoms with Gasteiger partial charge in [0.25, 0.3) is 0 Å². The van der Waals surface area contributed by atoms with Crippen molar-refractivity contribution < 1.29 is 0 Å². The zero-order valence-electron chi connectivity index (χ0n) is 32.7. The van der Waals surface area contributed by atoms with Crippen molar-refractivity contribution in [3.63, 3.8) is 0 Å². The third kappa shape index (κ3) is 5.43. The largest absolute Gasteiger partial charge is 0.344 e. The van der Waals surface area contributed by atoms with Crippen LogP contribution in [0.2, 0.25) is 0 Å². The van der Waals surface area contributed by atoms with Crippen LogP contribution in [0.3, 0.4) is 0 Å². The minimum atomic E-state index is -0.343. The first-order valence-electron chi connectivity index (χ1n) is 20.6. The van der Waals surface area contributed by atoms with E-state index in [4.69, 9.17) is 9.98 Å². The summed E-state index contributed by atoms with van der Waals surface area (Å²) in [7, 11) is 0. The first-order valence-corrected chi connectivity index (χ1v) is 22.2. The van der Waals surface area contributed by atoms with E-state index in [0.29, 0.717) is 5.84 Å². The number of rotatable bonds is 5. The minimum absolute atomic E-state index is 0.343. The Labute approximate surface area is 359 Å². The molecule has 0 aliphatic carbocycles. The van der Waals surface area contributed by atoms with E-state index in [0.717, 1.165) is 33.8 Å². The van der Waals surface area contributed by atoms with Crippen LogP contribution in [0.1, 0.15) is 22.9 Å². The number of hydrogen-bond donors (Lipinski definition) is 1. The number of nitrogens with one attached hydrogen (secondary N) is 1. The van der Waals surface area contributed by atoms with Crippen molar-refractivity contribution in [1.82, 2.24) is 9.88 Å².